The van der Waals surface area contributed by atoms with Crippen molar-refractivity contribution in [1.29, 1.82) is 0 Å². The maximum atomic E-state index is 13.6. The molecule has 1 atom stereocenters. The first-order valence-electron chi connectivity index (χ1n) is 7.46. The lowest BCUT2D eigenvalue weighted by Crippen LogP contribution is -2.38. The highest BCUT2D eigenvalue weighted by atomic mass is 35.5. The summed E-state index contributed by atoms with van der Waals surface area (Å²) in [7, 11) is 0. The van der Waals surface area contributed by atoms with Gasteiger partial charge in [0.15, 0.2) is 0 Å². The Bertz CT molecular complexity index is 955. The van der Waals surface area contributed by atoms with Gasteiger partial charge in [0.1, 0.15) is 11.9 Å². The molecule has 0 spiro atoms. The molecule has 1 aliphatic rings. The smallest absolute Gasteiger partial charge is 0.326 e. The zero-order chi connectivity index (χ0) is 16.8. The van der Waals surface area contributed by atoms with Crippen molar-refractivity contribution in [2.75, 3.05) is 4.90 Å². The number of aliphatic carboxylic acids is 1. The van der Waals surface area contributed by atoms with Gasteiger partial charge in [-0.3, -0.25) is 0 Å². The van der Waals surface area contributed by atoms with Gasteiger partial charge in [-0.15, -0.1) is 11.3 Å². The summed E-state index contributed by atoms with van der Waals surface area (Å²) in [6.45, 7) is 0.426. The highest BCUT2D eigenvalue weighted by Gasteiger charge is 2.34. The Balaban J connectivity index is 1.76. The number of hydrogen-bond donors (Lipinski definition) is 1. The summed E-state index contributed by atoms with van der Waals surface area (Å²) in [5.74, 6) is -1.15. The van der Waals surface area contributed by atoms with Crippen molar-refractivity contribution in [2.45, 2.75) is 19.0 Å². The summed E-state index contributed by atoms with van der Waals surface area (Å²) in [4.78, 5) is 13.5. The number of carboxylic acid groups (broad SMARTS) is 1. The van der Waals surface area contributed by atoms with Crippen LogP contribution in [-0.4, -0.2) is 17.1 Å². The van der Waals surface area contributed by atoms with Crippen LogP contribution in [0.2, 0.25) is 5.02 Å². The Morgan fingerprint density at radius 1 is 1.33 bits per heavy atom. The van der Waals surface area contributed by atoms with Gasteiger partial charge in [0.05, 0.1) is 0 Å². The number of anilines is 1. The number of rotatable bonds is 3. The summed E-state index contributed by atoms with van der Waals surface area (Å²) in [6.07, 6.45) is 0.418. The van der Waals surface area contributed by atoms with Crippen LogP contribution in [-0.2, 0) is 17.8 Å². The number of hydrogen-bond acceptors (Lipinski definition) is 3. The second-order valence-corrected chi connectivity index (χ2v) is 7.21. The second kappa shape index (κ2) is 5.76. The third kappa shape index (κ3) is 2.54. The van der Waals surface area contributed by atoms with Crippen LogP contribution >= 0.6 is 22.9 Å². The molecular formula is C18H13ClFNO2S. The van der Waals surface area contributed by atoms with E-state index in [1.807, 2.05) is 22.4 Å². The van der Waals surface area contributed by atoms with Gasteiger partial charge >= 0.3 is 5.97 Å². The van der Waals surface area contributed by atoms with Crippen molar-refractivity contribution in [1.82, 2.24) is 0 Å². The first-order valence-corrected chi connectivity index (χ1v) is 8.72. The Morgan fingerprint density at radius 3 is 2.96 bits per heavy atom. The Morgan fingerprint density at radius 2 is 2.17 bits per heavy atom. The predicted molar refractivity (Wildman–Crippen MR) is 94.5 cm³/mol. The van der Waals surface area contributed by atoms with Crippen LogP contribution in [0, 0.1) is 5.82 Å². The van der Waals surface area contributed by atoms with Crippen molar-refractivity contribution < 1.29 is 14.3 Å². The molecule has 0 aliphatic carbocycles. The van der Waals surface area contributed by atoms with Gasteiger partial charge in [0.2, 0.25) is 0 Å². The van der Waals surface area contributed by atoms with E-state index in [4.69, 9.17) is 11.6 Å². The molecule has 0 radical (unpaired) electrons. The topological polar surface area (TPSA) is 40.5 Å². The van der Waals surface area contributed by atoms with Crippen molar-refractivity contribution >= 4 is 44.7 Å². The molecule has 4 rings (SSSR count). The summed E-state index contributed by atoms with van der Waals surface area (Å²) in [5.41, 5.74) is 2.74. The van der Waals surface area contributed by atoms with E-state index in [9.17, 15) is 14.3 Å². The Kier molecular flexibility index (Phi) is 3.70. The Labute approximate surface area is 146 Å². The standard InChI is InChI=1S/C18H13ClFNO2S/c19-12-1-3-15-10(5-12)6-16(18(22)23)21(15)8-11-9-24-17-4-2-13(20)7-14(11)17/h1-5,7,9,16H,6,8H2,(H,22,23). The van der Waals surface area contributed by atoms with Crippen LogP contribution in [0.3, 0.4) is 0 Å². The summed E-state index contributed by atoms with van der Waals surface area (Å²) in [5, 5.41) is 13.0. The SMILES string of the molecule is O=C(O)C1Cc2cc(Cl)ccc2N1Cc1csc2ccc(F)cc12. The highest BCUT2D eigenvalue weighted by molar-refractivity contribution is 7.17. The minimum Gasteiger partial charge on any atom is -0.480 e. The molecule has 1 aromatic heterocycles. The molecule has 122 valence electrons. The van der Waals surface area contributed by atoms with Crippen molar-refractivity contribution in [3.63, 3.8) is 0 Å². The number of nitrogens with zero attached hydrogens (tertiary/aromatic N) is 1. The Hall–Kier alpha value is -2.11. The molecule has 3 aromatic rings. The molecule has 0 saturated carbocycles. The normalized spacial score (nSPS) is 16.6. The maximum Gasteiger partial charge on any atom is 0.326 e. The van der Waals surface area contributed by atoms with E-state index in [2.05, 4.69) is 0 Å². The van der Waals surface area contributed by atoms with Crippen molar-refractivity contribution in [2.24, 2.45) is 0 Å². The molecule has 2 aromatic carbocycles. The van der Waals surface area contributed by atoms with Crippen LogP contribution in [0.15, 0.2) is 41.8 Å². The highest BCUT2D eigenvalue weighted by Crippen LogP contribution is 2.37. The minimum absolute atomic E-state index is 0.287. The van der Waals surface area contributed by atoms with Gasteiger partial charge in [-0.1, -0.05) is 11.6 Å². The average Bonchev–Trinajstić information content (AvgIpc) is 3.09. The number of fused-ring (bicyclic) bond motifs is 2. The van der Waals surface area contributed by atoms with Crippen LogP contribution in [0.4, 0.5) is 10.1 Å². The van der Waals surface area contributed by atoms with Gasteiger partial charge in [0, 0.05) is 33.8 Å². The minimum atomic E-state index is -0.868. The van der Waals surface area contributed by atoms with E-state index in [0.29, 0.717) is 18.0 Å². The van der Waals surface area contributed by atoms with Crippen LogP contribution in [0.5, 0.6) is 0 Å². The van der Waals surface area contributed by atoms with E-state index in [1.165, 1.54) is 23.5 Å². The van der Waals surface area contributed by atoms with E-state index in [0.717, 1.165) is 26.9 Å². The number of carboxylic acids is 1. The van der Waals surface area contributed by atoms with Gasteiger partial charge in [-0.2, -0.15) is 0 Å². The fraction of sp³-hybridized carbons (Fsp3) is 0.167. The number of carbonyl (C=O) groups is 1. The van der Waals surface area contributed by atoms with E-state index in [-0.39, 0.29) is 5.82 Å². The van der Waals surface area contributed by atoms with E-state index < -0.39 is 12.0 Å². The molecule has 0 bridgehead atoms. The van der Waals surface area contributed by atoms with Crippen LogP contribution in [0.1, 0.15) is 11.1 Å². The quantitative estimate of drug-likeness (QED) is 0.734. The van der Waals surface area contributed by atoms with Gasteiger partial charge in [-0.25, -0.2) is 9.18 Å². The fourth-order valence-electron chi connectivity index (χ4n) is 3.26. The zero-order valence-electron chi connectivity index (χ0n) is 12.5. The zero-order valence-corrected chi connectivity index (χ0v) is 14.1. The monoisotopic (exact) mass is 361 g/mol. The molecule has 6 heteroatoms. The van der Waals surface area contributed by atoms with Gasteiger partial charge < -0.3 is 10.0 Å². The molecule has 0 amide bonds. The molecule has 1 unspecified atom stereocenters. The third-order valence-corrected chi connectivity index (χ3v) is 5.63. The van der Waals surface area contributed by atoms with E-state index >= 15 is 0 Å². The molecule has 1 aliphatic heterocycles. The van der Waals surface area contributed by atoms with Crippen molar-refractivity contribution in [3.8, 4) is 0 Å². The molecule has 1 N–H and O–H groups in total. The molecule has 0 fully saturated rings. The largest absolute Gasteiger partial charge is 0.480 e. The van der Waals surface area contributed by atoms with Crippen LogP contribution in [0.25, 0.3) is 10.1 Å². The first-order chi connectivity index (χ1) is 11.5. The maximum absolute atomic E-state index is 13.6. The second-order valence-electron chi connectivity index (χ2n) is 5.86. The fourth-order valence-corrected chi connectivity index (χ4v) is 4.39. The average molecular weight is 362 g/mol. The first kappa shape index (κ1) is 15.4. The van der Waals surface area contributed by atoms with Crippen molar-refractivity contribution in [3.05, 3.63) is 63.7 Å². The lowest BCUT2D eigenvalue weighted by atomic mass is 10.1. The lowest BCUT2D eigenvalue weighted by Gasteiger charge is -2.24. The predicted octanol–water partition coefficient (Wildman–Crippen LogP) is 4.71. The number of halogens is 2. The summed E-state index contributed by atoms with van der Waals surface area (Å²) < 4.78 is 14.6. The lowest BCUT2D eigenvalue weighted by molar-refractivity contribution is -0.138. The molecule has 24 heavy (non-hydrogen) atoms. The molecular weight excluding hydrogens is 349 g/mol. The molecule has 0 saturated heterocycles. The van der Waals surface area contributed by atoms with Gasteiger partial charge in [0.25, 0.3) is 0 Å². The molecule has 3 nitrogen and oxygen atoms in total. The number of thiophene rings is 1. The van der Waals surface area contributed by atoms with Gasteiger partial charge in [-0.05, 0) is 52.9 Å². The van der Waals surface area contributed by atoms with E-state index in [1.54, 1.807) is 12.1 Å². The summed E-state index contributed by atoms with van der Waals surface area (Å²) >= 11 is 7.57. The third-order valence-electron chi connectivity index (χ3n) is 4.38. The summed E-state index contributed by atoms with van der Waals surface area (Å²) in [6, 6.07) is 9.51. The molecule has 2 heterocycles. The van der Waals surface area contributed by atoms with Crippen LogP contribution < -0.4 is 4.90 Å². The number of benzene rings is 2.